The number of aromatic nitrogens is 4. The molecule has 2 aromatic heterocycles. The Kier molecular flexibility index (Phi) is 6.76. The van der Waals surface area contributed by atoms with Gasteiger partial charge in [-0.1, -0.05) is 30.3 Å². The normalized spacial score (nSPS) is 20.4. The van der Waals surface area contributed by atoms with Crippen LogP contribution in [0.15, 0.2) is 67.4 Å². The molecule has 1 saturated heterocycles. The van der Waals surface area contributed by atoms with E-state index in [1.54, 1.807) is 12.7 Å². The average molecular weight is 459 g/mol. The minimum absolute atomic E-state index is 0.0811. The molecule has 0 bridgehead atoms. The predicted molar refractivity (Wildman–Crippen MR) is 135 cm³/mol. The number of nitrogens with one attached hydrogen (secondary N) is 3. The Hall–Kier alpha value is -3.00. The second-order valence-corrected chi connectivity index (χ2v) is 9.67. The molecule has 7 nitrogen and oxygen atoms in total. The molecule has 4 aromatic rings. The van der Waals surface area contributed by atoms with Gasteiger partial charge in [-0.2, -0.15) is 0 Å². The largest absolute Gasteiger partial charge is 0.394 e. The second kappa shape index (κ2) is 10.1. The van der Waals surface area contributed by atoms with Crippen LogP contribution in [-0.2, 0) is 12.0 Å². The van der Waals surface area contributed by atoms with Gasteiger partial charge in [0.05, 0.1) is 12.1 Å². The topological polar surface area (TPSA) is 90.8 Å². The number of H-pyrrole nitrogens is 1. The number of rotatable bonds is 9. The predicted octanol–water partition coefficient (Wildman–Crippen LogP) is 3.55. The number of hydrogen-bond acceptors (Lipinski definition) is 5. The van der Waals surface area contributed by atoms with Gasteiger partial charge in [-0.05, 0) is 80.9 Å². The molecule has 0 saturated carbocycles. The molecule has 0 amide bonds. The van der Waals surface area contributed by atoms with Gasteiger partial charge >= 0.3 is 0 Å². The molecule has 3 heterocycles. The van der Waals surface area contributed by atoms with Crippen molar-refractivity contribution >= 4 is 10.9 Å². The van der Waals surface area contributed by atoms with Crippen molar-refractivity contribution in [2.75, 3.05) is 19.7 Å². The molecular formula is C27H34N6O. The molecule has 1 aliphatic heterocycles. The van der Waals surface area contributed by atoms with Crippen molar-refractivity contribution in [3.8, 4) is 5.69 Å². The zero-order chi connectivity index (χ0) is 23.4. The van der Waals surface area contributed by atoms with Gasteiger partial charge in [-0.15, -0.1) is 10.2 Å². The number of aryl methyl sites for hydroxylation is 1. The highest BCUT2D eigenvalue weighted by Crippen LogP contribution is 2.28. The molecule has 1 unspecified atom stereocenters. The van der Waals surface area contributed by atoms with Gasteiger partial charge in [0.2, 0.25) is 0 Å². The third kappa shape index (κ3) is 4.78. The number of hydrogen-bond donors (Lipinski definition) is 4. The van der Waals surface area contributed by atoms with Crippen LogP contribution in [0.25, 0.3) is 16.6 Å². The first-order valence-electron chi connectivity index (χ1n) is 12.3. The van der Waals surface area contributed by atoms with Crippen LogP contribution in [0.5, 0.6) is 0 Å². The molecule has 4 N–H and O–H groups in total. The van der Waals surface area contributed by atoms with Crippen molar-refractivity contribution in [3.63, 3.8) is 0 Å². The molecule has 0 spiro atoms. The van der Waals surface area contributed by atoms with Crippen LogP contribution in [0, 0.1) is 5.92 Å². The first kappa shape index (κ1) is 22.8. The Morgan fingerprint density at radius 2 is 1.97 bits per heavy atom. The monoisotopic (exact) mass is 458 g/mol. The highest BCUT2D eigenvalue weighted by Gasteiger charge is 2.33. The molecule has 3 atom stereocenters. The van der Waals surface area contributed by atoms with Gasteiger partial charge in [0.15, 0.2) is 0 Å². The first-order valence-corrected chi connectivity index (χ1v) is 12.3. The molecule has 5 rings (SSSR count). The van der Waals surface area contributed by atoms with Crippen molar-refractivity contribution in [3.05, 3.63) is 78.5 Å². The summed E-state index contributed by atoms with van der Waals surface area (Å²) < 4.78 is 1.94. The van der Waals surface area contributed by atoms with Crippen LogP contribution in [0.3, 0.4) is 0 Å². The standard InChI is InChI=1S/C27H34N6O/c1-27(17-34,22-8-3-2-4-9-22)32-25-12-13-28-15-21(25)7-5-6-20-16-29-26-11-10-23(14-24(20)26)33-18-30-31-19-33/h2-4,8-11,14,16,18-19,21,25,28-29,32,34H,5-7,12-13,15,17H2,1H3/t21?,25-,27-/m0/s1. The number of benzene rings is 2. The van der Waals surface area contributed by atoms with E-state index in [2.05, 4.69) is 69.3 Å². The smallest absolute Gasteiger partial charge is 0.123 e. The molecule has 0 aliphatic carbocycles. The summed E-state index contributed by atoms with van der Waals surface area (Å²) in [7, 11) is 0. The van der Waals surface area contributed by atoms with Gasteiger partial charge in [0.25, 0.3) is 0 Å². The van der Waals surface area contributed by atoms with Crippen LogP contribution in [-0.4, -0.2) is 50.6 Å². The third-order valence-electron chi connectivity index (χ3n) is 7.33. The fraction of sp³-hybridized carbons (Fsp3) is 0.407. The van der Waals surface area contributed by atoms with Crippen LogP contribution < -0.4 is 10.6 Å². The molecule has 34 heavy (non-hydrogen) atoms. The maximum absolute atomic E-state index is 10.3. The Balaban J connectivity index is 1.25. The average Bonchev–Trinajstić information content (AvgIpc) is 3.56. The number of aliphatic hydroxyl groups excluding tert-OH is 1. The molecule has 2 aromatic carbocycles. The van der Waals surface area contributed by atoms with Crippen LogP contribution >= 0.6 is 0 Å². The summed E-state index contributed by atoms with van der Waals surface area (Å²) >= 11 is 0. The van der Waals surface area contributed by atoms with Crippen molar-refractivity contribution in [2.45, 2.75) is 44.2 Å². The maximum atomic E-state index is 10.3. The van der Waals surface area contributed by atoms with E-state index in [0.717, 1.165) is 55.5 Å². The van der Waals surface area contributed by atoms with E-state index in [4.69, 9.17) is 0 Å². The van der Waals surface area contributed by atoms with Crippen molar-refractivity contribution < 1.29 is 5.11 Å². The second-order valence-electron chi connectivity index (χ2n) is 9.67. The van der Waals surface area contributed by atoms with E-state index in [0.29, 0.717) is 12.0 Å². The fourth-order valence-electron chi connectivity index (χ4n) is 5.27. The quantitative estimate of drug-likeness (QED) is 0.308. The van der Waals surface area contributed by atoms with Crippen molar-refractivity contribution in [1.29, 1.82) is 0 Å². The first-order chi connectivity index (χ1) is 16.7. The number of nitrogens with zero attached hydrogens (tertiary/aromatic N) is 3. The molecular weight excluding hydrogens is 424 g/mol. The summed E-state index contributed by atoms with van der Waals surface area (Å²) in [5, 5.41) is 26.8. The van der Waals surface area contributed by atoms with Crippen molar-refractivity contribution in [2.24, 2.45) is 5.92 Å². The number of piperidine rings is 1. The van der Waals surface area contributed by atoms with Gasteiger partial charge < -0.3 is 20.7 Å². The number of aliphatic hydroxyl groups is 1. The van der Waals surface area contributed by atoms with E-state index in [1.807, 2.05) is 22.8 Å². The van der Waals surface area contributed by atoms with Gasteiger partial charge in [0, 0.05) is 28.8 Å². The zero-order valence-corrected chi connectivity index (χ0v) is 19.7. The van der Waals surface area contributed by atoms with Crippen LogP contribution in [0.2, 0.25) is 0 Å². The Bertz CT molecular complexity index is 1190. The highest BCUT2D eigenvalue weighted by atomic mass is 16.3. The summed E-state index contributed by atoms with van der Waals surface area (Å²) in [6, 6.07) is 17.1. The van der Waals surface area contributed by atoms with Gasteiger partial charge in [-0.25, -0.2) is 0 Å². The third-order valence-corrected chi connectivity index (χ3v) is 7.33. The maximum Gasteiger partial charge on any atom is 0.123 e. The minimum Gasteiger partial charge on any atom is -0.394 e. The molecule has 178 valence electrons. The lowest BCUT2D eigenvalue weighted by Gasteiger charge is -2.40. The Morgan fingerprint density at radius 1 is 1.15 bits per heavy atom. The van der Waals surface area contributed by atoms with E-state index >= 15 is 0 Å². The van der Waals surface area contributed by atoms with Gasteiger partial charge in [0.1, 0.15) is 12.7 Å². The lowest BCUT2D eigenvalue weighted by atomic mass is 9.84. The highest BCUT2D eigenvalue weighted by molar-refractivity contribution is 5.85. The van der Waals surface area contributed by atoms with Crippen molar-refractivity contribution in [1.82, 2.24) is 30.4 Å². The lowest BCUT2D eigenvalue weighted by Crippen LogP contribution is -2.55. The summed E-state index contributed by atoms with van der Waals surface area (Å²) in [5.41, 5.74) is 4.28. The van der Waals surface area contributed by atoms with Crippen LogP contribution in [0.4, 0.5) is 0 Å². The molecule has 1 fully saturated rings. The van der Waals surface area contributed by atoms with Crippen LogP contribution in [0.1, 0.15) is 37.3 Å². The molecule has 0 radical (unpaired) electrons. The summed E-state index contributed by atoms with van der Waals surface area (Å²) in [5.74, 6) is 0.529. The lowest BCUT2D eigenvalue weighted by molar-refractivity contribution is 0.131. The summed E-state index contributed by atoms with van der Waals surface area (Å²) in [4.78, 5) is 3.42. The number of fused-ring (bicyclic) bond motifs is 1. The Labute approximate surface area is 200 Å². The zero-order valence-electron chi connectivity index (χ0n) is 19.7. The Morgan fingerprint density at radius 3 is 2.76 bits per heavy atom. The number of aromatic amines is 1. The molecule has 1 aliphatic rings. The summed E-state index contributed by atoms with van der Waals surface area (Å²) in [6.45, 7) is 4.22. The van der Waals surface area contributed by atoms with E-state index in [-0.39, 0.29) is 6.61 Å². The van der Waals surface area contributed by atoms with Gasteiger partial charge in [-0.3, -0.25) is 4.57 Å². The van der Waals surface area contributed by atoms with E-state index < -0.39 is 5.54 Å². The SMILES string of the molecule is C[C@@](CO)(N[C@H]1CCNCC1CCCc1c[nH]c2ccc(-n3cnnc3)cc12)c1ccccc1. The van der Waals surface area contributed by atoms with E-state index in [9.17, 15) is 5.11 Å². The summed E-state index contributed by atoms with van der Waals surface area (Å²) in [6.07, 6.45) is 9.97. The minimum atomic E-state index is -0.434. The molecule has 7 heteroatoms. The fourth-order valence-corrected chi connectivity index (χ4v) is 5.27. The van der Waals surface area contributed by atoms with E-state index in [1.165, 1.54) is 10.9 Å².